The molecule has 158 valence electrons. The fourth-order valence-electron chi connectivity index (χ4n) is 3.79. The first-order chi connectivity index (χ1) is 14.4. The number of amides is 1. The molecule has 30 heavy (non-hydrogen) atoms. The van der Waals surface area contributed by atoms with E-state index in [9.17, 15) is 4.79 Å². The molecule has 0 saturated carbocycles. The molecule has 3 aromatic rings. The third-order valence-corrected chi connectivity index (χ3v) is 6.96. The van der Waals surface area contributed by atoms with Crippen LogP contribution in [-0.2, 0) is 4.74 Å². The van der Waals surface area contributed by atoms with Crippen LogP contribution in [0.3, 0.4) is 0 Å². The molecule has 1 saturated heterocycles. The van der Waals surface area contributed by atoms with Crippen LogP contribution in [0.2, 0.25) is 0 Å². The van der Waals surface area contributed by atoms with E-state index in [1.54, 1.807) is 11.3 Å². The van der Waals surface area contributed by atoms with Crippen molar-refractivity contribution in [2.45, 2.75) is 27.7 Å². The molecule has 1 aliphatic heterocycles. The SMILES string of the molecule is Cc1ccc(C)c(C(=O)N(CCN2CCOCC2)c2nc3c(C)c(C)ccc3s2)c1. The number of carbonyl (C=O) groups excluding carboxylic acids is 1. The molecular formula is C24H29N3O2S. The number of fused-ring (bicyclic) bond motifs is 1. The molecule has 1 fully saturated rings. The third kappa shape index (κ3) is 4.26. The third-order valence-electron chi connectivity index (χ3n) is 5.92. The van der Waals surface area contributed by atoms with Gasteiger partial charge in [0.2, 0.25) is 0 Å². The quantitative estimate of drug-likeness (QED) is 0.606. The molecule has 1 aromatic heterocycles. The number of aromatic nitrogens is 1. The highest BCUT2D eigenvalue weighted by Crippen LogP contribution is 2.33. The van der Waals surface area contributed by atoms with Gasteiger partial charge in [0, 0.05) is 31.7 Å². The summed E-state index contributed by atoms with van der Waals surface area (Å²) in [5, 5.41) is 0.776. The number of benzene rings is 2. The van der Waals surface area contributed by atoms with E-state index in [0.29, 0.717) is 6.54 Å². The van der Waals surface area contributed by atoms with Gasteiger partial charge in [0.1, 0.15) is 0 Å². The Morgan fingerprint density at radius 2 is 1.83 bits per heavy atom. The van der Waals surface area contributed by atoms with E-state index in [4.69, 9.17) is 9.72 Å². The Labute approximate surface area is 182 Å². The number of nitrogens with zero attached hydrogens (tertiary/aromatic N) is 3. The second-order valence-electron chi connectivity index (χ2n) is 8.08. The lowest BCUT2D eigenvalue weighted by atomic mass is 10.0. The van der Waals surface area contributed by atoms with Gasteiger partial charge in [0.05, 0.1) is 23.4 Å². The highest BCUT2D eigenvalue weighted by atomic mass is 32.1. The average molecular weight is 424 g/mol. The zero-order chi connectivity index (χ0) is 21.3. The number of hydrogen-bond acceptors (Lipinski definition) is 5. The maximum absolute atomic E-state index is 13.7. The van der Waals surface area contributed by atoms with Crippen LogP contribution in [0, 0.1) is 27.7 Å². The summed E-state index contributed by atoms with van der Waals surface area (Å²) in [5.41, 5.74) is 6.25. The Balaban J connectivity index is 1.70. The lowest BCUT2D eigenvalue weighted by Crippen LogP contribution is -2.43. The zero-order valence-electron chi connectivity index (χ0n) is 18.2. The molecule has 1 aliphatic rings. The molecule has 0 N–H and O–H groups in total. The minimum atomic E-state index is 0.0258. The van der Waals surface area contributed by atoms with Crippen LogP contribution >= 0.6 is 11.3 Å². The number of ether oxygens (including phenoxy) is 1. The number of anilines is 1. The fourth-order valence-corrected chi connectivity index (χ4v) is 4.84. The Morgan fingerprint density at radius 1 is 1.10 bits per heavy atom. The summed E-state index contributed by atoms with van der Waals surface area (Å²) >= 11 is 1.60. The molecule has 0 atom stereocenters. The maximum atomic E-state index is 13.7. The van der Waals surface area contributed by atoms with Gasteiger partial charge in [-0.3, -0.25) is 14.6 Å². The van der Waals surface area contributed by atoms with E-state index >= 15 is 0 Å². The monoisotopic (exact) mass is 423 g/mol. The van der Waals surface area contributed by atoms with Crippen LogP contribution in [0.15, 0.2) is 30.3 Å². The number of carbonyl (C=O) groups is 1. The van der Waals surface area contributed by atoms with Gasteiger partial charge in [0.15, 0.2) is 5.13 Å². The number of rotatable bonds is 5. The first-order valence-corrected chi connectivity index (χ1v) is 11.3. The summed E-state index contributed by atoms with van der Waals surface area (Å²) in [6, 6.07) is 10.3. The first-order valence-electron chi connectivity index (χ1n) is 10.5. The van der Waals surface area contributed by atoms with Crippen molar-refractivity contribution in [3.8, 4) is 0 Å². The summed E-state index contributed by atoms with van der Waals surface area (Å²) in [6.07, 6.45) is 0. The molecule has 0 spiro atoms. The minimum absolute atomic E-state index is 0.0258. The minimum Gasteiger partial charge on any atom is -0.379 e. The Bertz CT molecular complexity index is 1070. The standard InChI is InChI=1S/C24H29N3O2S/c1-16-5-6-18(3)20(15-16)23(28)27(10-9-26-11-13-29-14-12-26)24-25-22-19(4)17(2)7-8-21(22)30-24/h5-8,15H,9-14H2,1-4H3. The van der Waals surface area contributed by atoms with Crippen molar-refractivity contribution in [1.82, 2.24) is 9.88 Å². The van der Waals surface area contributed by atoms with E-state index in [2.05, 4.69) is 30.9 Å². The number of morpholine rings is 1. The molecule has 4 rings (SSSR count). The van der Waals surface area contributed by atoms with E-state index in [1.165, 1.54) is 11.1 Å². The summed E-state index contributed by atoms with van der Waals surface area (Å²) in [5.74, 6) is 0.0258. The smallest absolute Gasteiger partial charge is 0.260 e. The van der Waals surface area contributed by atoms with Crippen LogP contribution in [0.1, 0.15) is 32.6 Å². The maximum Gasteiger partial charge on any atom is 0.260 e. The second kappa shape index (κ2) is 8.84. The predicted molar refractivity (Wildman–Crippen MR) is 124 cm³/mol. The van der Waals surface area contributed by atoms with Crippen molar-refractivity contribution in [1.29, 1.82) is 0 Å². The van der Waals surface area contributed by atoms with Gasteiger partial charge < -0.3 is 4.74 Å². The van der Waals surface area contributed by atoms with E-state index < -0.39 is 0 Å². The van der Waals surface area contributed by atoms with Crippen LogP contribution in [0.25, 0.3) is 10.2 Å². The van der Waals surface area contributed by atoms with E-state index in [1.807, 2.05) is 36.9 Å². The average Bonchev–Trinajstić information content (AvgIpc) is 3.18. The predicted octanol–water partition coefficient (Wildman–Crippen LogP) is 4.51. The molecule has 0 bridgehead atoms. The molecule has 2 heterocycles. The lowest BCUT2D eigenvalue weighted by Gasteiger charge is -2.29. The molecule has 5 nitrogen and oxygen atoms in total. The normalized spacial score (nSPS) is 14.9. The topological polar surface area (TPSA) is 45.7 Å². The Hall–Kier alpha value is -2.28. The lowest BCUT2D eigenvalue weighted by molar-refractivity contribution is 0.0391. The molecule has 0 radical (unpaired) electrons. The van der Waals surface area contributed by atoms with Gasteiger partial charge in [-0.25, -0.2) is 4.98 Å². The van der Waals surface area contributed by atoms with Crippen LogP contribution in [0.4, 0.5) is 5.13 Å². The van der Waals surface area contributed by atoms with Crippen molar-refractivity contribution < 1.29 is 9.53 Å². The highest BCUT2D eigenvalue weighted by molar-refractivity contribution is 7.22. The molecule has 6 heteroatoms. The van der Waals surface area contributed by atoms with Gasteiger partial charge >= 0.3 is 0 Å². The molecule has 0 aliphatic carbocycles. The van der Waals surface area contributed by atoms with Crippen molar-refractivity contribution in [2.75, 3.05) is 44.3 Å². The highest BCUT2D eigenvalue weighted by Gasteiger charge is 2.24. The zero-order valence-corrected chi connectivity index (χ0v) is 19.0. The molecule has 1 amide bonds. The molecule has 0 unspecified atom stereocenters. The van der Waals surface area contributed by atoms with Gasteiger partial charge in [-0.2, -0.15) is 0 Å². The van der Waals surface area contributed by atoms with Gasteiger partial charge in [-0.05, 0) is 56.5 Å². The summed E-state index contributed by atoms with van der Waals surface area (Å²) in [6.45, 7) is 13.0. The summed E-state index contributed by atoms with van der Waals surface area (Å²) < 4.78 is 6.59. The van der Waals surface area contributed by atoms with Crippen molar-refractivity contribution in [2.24, 2.45) is 0 Å². The Morgan fingerprint density at radius 3 is 2.60 bits per heavy atom. The summed E-state index contributed by atoms with van der Waals surface area (Å²) in [7, 11) is 0. The number of aryl methyl sites for hydroxylation is 4. The van der Waals surface area contributed by atoms with Crippen molar-refractivity contribution in [3.63, 3.8) is 0 Å². The van der Waals surface area contributed by atoms with E-state index in [-0.39, 0.29) is 5.91 Å². The van der Waals surface area contributed by atoms with Crippen molar-refractivity contribution in [3.05, 3.63) is 58.1 Å². The number of hydrogen-bond donors (Lipinski definition) is 0. The molecule has 2 aromatic carbocycles. The van der Waals surface area contributed by atoms with Crippen molar-refractivity contribution >= 4 is 32.6 Å². The second-order valence-corrected chi connectivity index (χ2v) is 9.09. The van der Waals surface area contributed by atoms with E-state index in [0.717, 1.165) is 64.9 Å². The summed E-state index contributed by atoms with van der Waals surface area (Å²) in [4.78, 5) is 22.8. The van der Waals surface area contributed by atoms with Crippen LogP contribution < -0.4 is 4.90 Å². The van der Waals surface area contributed by atoms with Crippen LogP contribution in [0.5, 0.6) is 0 Å². The van der Waals surface area contributed by atoms with Gasteiger partial charge in [-0.15, -0.1) is 0 Å². The first kappa shape index (κ1) is 21.0. The fraction of sp³-hybridized carbons (Fsp3) is 0.417. The Kier molecular flexibility index (Phi) is 6.18. The van der Waals surface area contributed by atoms with Gasteiger partial charge in [0.25, 0.3) is 5.91 Å². The van der Waals surface area contributed by atoms with Crippen LogP contribution in [-0.4, -0.2) is 55.2 Å². The van der Waals surface area contributed by atoms with Gasteiger partial charge in [-0.1, -0.05) is 35.1 Å². The largest absolute Gasteiger partial charge is 0.379 e. The number of thiazole rings is 1. The molecular weight excluding hydrogens is 394 g/mol.